The van der Waals surface area contributed by atoms with E-state index in [0.29, 0.717) is 12.1 Å². The average Bonchev–Trinajstić information content (AvgIpc) is 2.43. The Morgan fingerprint density at radius 3 is 1.25 bits per heavy atom. The van der Waals surface area contributed by atoms with Crippen molar-refractivity contribution in [3.63, 3.8) is 0 Å². The molecule has 0 aliphatic rings. The summed E-state index contributed by atoms with van der Waals surface area (Å²) in [5.74, 6) is -5.79. The Morgan fingerprint density at radius 2 is 1.00 bits per heavy atom. The smallest absolute Gasteiger partial charge is 0.336 e. The van der Waals surface area contributed by atoms with Gasteiger partial charge < -0.3 is 10.2 Å². The molecule has 0 heterocycles. The number of hydrogen-bond acceptors (Lipinski definition) is 6. The Hall–Kier alpha value is -2.98. The third-order valence-electron chi connectivity index (χ3n) is 2.31. The topological polar surface area (TPSA) is 173 Å². The van der Waals surface area contributed by atoms with Crippen LogP contribution in [0.1, 0.15) is 41.4 Å². The molecule has 1 aromatic rings. The lowest BCUT2D eigenvalue weighted by atomic mass is 9.97. The predicted molar refractivity (Wildman–Crippen MR) is 58.9 cm³/mol. The van der Waals surface area contributed by atoms with Crippen LogP contribution in [0.2, 0.25) is 0 Å². The van der Waals surface area contributed by atoms with E-state index >= 15 is 0 Å². The molecule has 0 unspecified atom stereocenters. The molecule has 0 aromatic heterocycles. The van der Waals surface area contributed by atoms with Gasteiger partial charge in [0.1, 0.15) is 0 Å². The van der Waals surface area contributed by atoms with Gasteiger partial charge in [-0.15, -0.1) is 0 Å². The fraction of sp³-hybridized carbons (Fsp3) is 0. The van der Waals surface area contributed by atoms with Crippen molar-refractivity contribution in [1.29, 1.82) is 0 Å². The first-order valence-corrected chi connectivity index (χ1v) is 4.87. The van der Waals surface area contributed by atoms with Crippen molar-refractivity contribution in [2.45, 2.75) is 0 Å². The summed E-state index contributed by atoms with van der Waals surface area (Å²) < 4.78 is 0. The van der Waals surface area contributed by atoms with E-state index in [4.69, 9.17) is 20.6 Å². The van der Waals surface area contributed by atoms with Crippen LogP contribution in [-0.4, -0.2) is 44.4 Å². The summed E-state index contributed by atoms with van der Waals surface area (Å²) in [7, 11) is 0. The number of carboxylic acids is 2. The largest absolute Gasteiger partial charge is 0.478 e. The standard InChI is InChI=1S/C10H8N2O8/c13-7(11-19)3-1-4(8(14)12-20)6(10(17)18)2-5(3)9(15)16/h1-2,19-20H,(H,11,13)(H,12,14)(H,15,16)(H,17,18). The second-order valence-corrected chi connectivity index (χ2v) is 3.44. The van der Waals surface area contributed by atoms with Gasteiger partial charge in [-0.2, -0.15) is 0 Å². The number of hydrogen-bond donors (Lipinski definition) is 6. The van der Waals surface area contributed by atoms with Crippen LogP contribution in [0.4, 0.5) is 0 Å². The number of aromatic carboxylic acids is 2. The lowest BCUT2D eigenvalue weighted by Gasteiger charge is -2.10. The molecule has 10 nitrogen and oxygen atoms in total. The van der Waals surface area contributed by atoms with Crippen molar-refractivity contribution in [1.82, 2.24) is 11.0 Å². The monoisotopic (exact) mass is 284 g/mol. The third-order valence-corrected chi connectivity index (χ3v) is 2.31. The Balaban J connectivity index is 3.68. The molecule has 1 rings (SSSR count). The zero-order valence-electron chi connectivity index (χ0n) is 9.58. The van der Waals surface area contributed by atoms with Crippen LogP contribution in [0.15, 0.2) is 12.1 Å². The number of nitrogens with one attached hydrogen (secondary N) is 2. The molecule has 0 saturated heterocycles. The van der Waals surface area contributed by atoms with Crippen LogP contribution >= 0.6 is 0 Å². The molecule has 10 heteroatoms. The number of carboxylic acid groups (broad SMARTS) is 2. The van der Waals surface area contributed by atoms with Gasteiger partial charge in [-0.1, -0.05) is 0 Å². The van der Waals surface area contributed by atoms with Crippen molar-refractivity contribution in [2.75, 3.05) is 0 Å². The highest BCUT2D eigenvalue weighted by molar-refractivity contribution is 6.11. The van der Waals surface area contributed by atoms with E-state index in [-0.39, 0.29) is 0 Å². The van der Waals surface area contributed by atoms with Gasteiger partial charge in [0.25, 0.3) is 11.8 Å². The predicted octanol–water partition coefficient (Wildman–Crippen LogP) is -0.679. The average molecular weight is 284 g/mol. The minimum absolute atomic E-state index is 0.569. The summed E-state index contributed by atoms with van der Waals surface area (Å²) >= 11 is 0. The van der Waals surface area contributed by atoms with Crippen LogP contribution in [-0.2, 0) is 0 Å². The van der Waals surface area contributed by atoms with Crippen LogP contribution in [0, 0.1) is 0 Å². The second-order valence-electron chi connectivity index (χ2n) is 3.44. The molecule has 0 saturated carbocycles. The molecule has 0 aliphatic heterocycles. The molecule has 0 bridgehead atoms. The highest BCUT2D eigenvalue weighted by Crippen LogP contribution is 2.18. The maximum atomic E-state index is 11.3. The van der Waals surface area contributed by atoms with Gasteiger partial charge >= 0.3 is 11.9 Å². The molecule has 0 spiro atoms. The molecular weight excluding hydrogens is 276 g/mol. The summed E-state index contributed by atoms with van der Waals surface area (Å²) in [5.41, 5.74) is -0.434. The Labute approximate surface area is 110 Å². The van der Waals surface area contributed by atoms with Gasteiger partial charge in [-0.05, 0) is 12.1 Å². The highest BCUT2D eigenvalue weighted by atomic mass is 16.5. The van der Waals surface area contributed by atoms with Gasteiger partial charge in [-0.3, -0.25) is 20.0 Å². The van der Waals surface area contributed by atoms with Crippen molar-refractivity contribution in [3.8, 4) is 0 Å². The second kappa shape index (κ2) is 5.77. The lowest BCUT2D eigenvalue weighted by Crippen LogP contribution is -2.26. The van der Waals surface area contributed by atoms with Gasteiger partial charge in [0.15, 0.2) is 0 Å². The maximum absolute atomic E-state index is 11.3. The molecule has 2 amide bonds. The molecule has 0 atom stereocenters. The fourth-order valence-corrected chi connectivity index (χ4v) is 1.45. The number of carbonyl (C=O) groups excluding carboxylic acids is 2. The summed E-state index contributed by atoms with van der Waals surface area (Å²) in [5, 5.41) is 34.8. The van der Waals surface area contributed by atoms with Gasteiger partial charge in [0, 0.05) is 0 Å². The first-order chi connectivity index (χ1) is 9.33. The summed E-state index contributed by atoms with van der Waals surface area (Å²) in [4.78, 5) is 44.6. The molecule has 0 radical (unpaired) electrons. The van der Waals surface area contributed by atoms with E-state index < -0.39 is 46.0 Å². The van der Waals surface area contributed by atoms with Crippen molar-refractivity contribution >= 4 is 23.8 Å². The number of carbonyl (C=O) groups is 4. The molecule has 1 aromatic carbocycles. The minimum Gasteiger partial charge on any atom is -0.478 e. The normalized spacial score (nSPS) is 9.70. The van der Waals surface area contributed by atoms with Crippen molar-refractivity contribution < 1.29 is 39.8 Å². The van der Waals surface area contributed by atoms with Crippen molar-refractivity contribution in [2.24, 2.45) is 0 Å². The van der Waals surface area contributed by atoms with Gasteiger partial charge in [-0.25, -0.2) is 20.5 Å². The zero-order chi connectivity index (χ0) is 15.4. The SMILES string of the molecule is O=C(O)c1cc(C(=O)O)c(C(=O)NO)cc1C(=O)NO. The number of rotatable bonds is 4. The molecule has 0 fully saturated rings. The summed E-state index contributed by atoms with van der Waals surface area (Å²) in [6, 6.07) is 1.20. The summed E-state index contributed by atoms with van der Waals surface area (Å²) in [6.07, 6.45) is 0. The van der Waals surface area contributed by atoms with Gasteiger partial charge in [0.05, 0.1) is 22.3 Å². The molecule has 20 heavy (non-hydrogen) atoms. The molecule has 6 N–H and O–H groups in total. The van der Waals surface area contributed by atoms with Crippen molar-refractivity contribution in [3.05, 3.63) is 34.4 Å². The zero-order valence-corrected chi connectivity index (χ0v) is 9.58. The molecule has 106 valence electrons. The van der Waals surface area contributed by atoms with E-state index in [1.54, 1.807) is 0 Å². The van der Waals surface area contributed by atoms with E-state index in [1.807, 2.05) is 0 Å². The minimum atomic E-state index is -1.64. The first kappa shape index (κ1) is 15.1. The number of hydroxylamine groups is 2. The quantitative estimate of drug-likeness (QED) is 0.311. The highest BCUT2D eigenvalue weighted by Gasteiger charge is 2.25. The van der Waals surface area contributed by atoms with Crippen LogP contribution < -0.4 is 11.0 Å². The molecular formula is C10H8N2O8. The van der Waals surface area contributed by atoms with E-state index in [9.17, 15) is 19.2 Å². The van der Waals surface area contributed by atoms with E-state index in [1.165, 1.54) is 11.0 Å². The maximum Gasteiger partial charge on any atom is 0.336 e. The van der Waals surface area contributed by atoms with Crippen LogP contribution in [0.25, 0.3) is 0 Å². The molecule has 0 aliphatic carbocycles. The summed E-state index contributed by atoms with van der Waals surface area (Å²) in [6.45, 7) is 0. The Bertz CT molecular complexity index is 560. The lowest BCUT2D eigenvalue weighted by molar-refractivity contribution is 0.0649. The Kier molecular flexibility index (Phi) is 4.35. The number of amides is 2. The number of benzene rings is 1. The van der Waals surface area contributed by atoms with Crippen LogP contribution in [0.5, 0.6) is 0 Å². The van der Waals surface area contributed by atoms with Crippen LogP contribution in [0.3, 0.4) is 0 Å². The van der Waals surface area contributed by atoms with E-state index in [2.05, 4.69) is 0 Å². The Morgan fingerprint density at radius 1 is 0.700 bits per heavy atom. The van der Waals surface area contributed by atoms with Gasteiger partial charge in [0.2, 0.25) is 0 Å². The fourth-order valence-electron chi connectivity index (χ4n) is 1.45. The first-order valence-electron chi connectivity index (χ1n) is 4.87. The third kappa shape index (κ3) is 2.71. The van der Waals surface area contributed by atoms with E-state index in [0.717, 1.165) is 0 Å².